The fraction of sp³-hybridized carbons (Fsp3) is 0.367. The first-order chi connectivity index (χ1) is 20.0. The van der Waals surface area contributed by atoms with Crippen LogP contribution in [0.2, 0.25) is 0 Å². The van der Waals surface area contributed by atoms with E-state index in [0.717, 1.165) is 44.8 Å². The predicted molar refractivity (Wildman–Crippen MR) is 152 cm³/mol. The van der Waals surface area contributed by atoms with Gasteiger partial charge in [0.15, 0.2) is 0 Å². The zero-order valence-corrected chi connectivity index (χ0v) is 23.2. The molecule has 3 heterocycles. The number of hydrogen-bond donors (Lipinski definition) is 1. The number of ether oxygens (including phenoxy) is 1. The Morgan fingerprint density at radius 2 is 1.66 bits per heavy atom. The van der Waals surface area contributed by atoms with Gasteiger partial charge >= 0.3 is 0 Å². The Labute approximate surface area is 238 Å². The number of nitrogens with zero attached hydrogens (tertiary/aromatic N) is 6. The quantitative estimate of drug-likeness (QED) is 0.418. The number of halogens is 2. The number of hydrogen-bond acceptors (Lipinski definition) is 7. The minimum absolute atomic E-state index is 0.0467. The average Bonchev–Trinajstić information content (AvgIpc) is 3.10. The van der Waals surface area contributed by atoms with Gasteiger partial charge in [-0.15, -0.1) is 0 Å². The third-order valence-corrected chi connectivity index (χ3v) is 7.41. The van der Waals surface area contributed by atoms with E-state index in [1.54, 1.807) is 34.0 Å². The van der Waals surface area contributed by atoms with Crippen molar-refractivity contribution >= 4 is 18.0 Å². The molecule has 2 fully saturated rings. The second-order valence-electron chi connectivity index (χ2n) is 10.2. The van der Waals surface area contributed by atoms with Crippen LogP contribution in [0.3, 0.4) is 0 Å². The Bertz CT molecular complexity index is 1380. The molecule has 9 nitrogen and oxygen atoms in total. The standard InChI is InChI=1S/C30H35F2N7O2/c1-23-4-5-25(16-24(23)19-36-8-10-38(22-40)11-9-36)35-30-33-6-2-3-7-39(21-34-30)26-17-28(31)27(29(32)18-26)20-37-12-14-41-15-13-37/h2-7,16-18,21-22H,8-15,19-20H2,1H3,(H,33,35). The van der Waals surface area contributed by atoms with E-state index in [2.05, 4.69) is 33.2 Å². The molecule has 0 atom stereocenters. The van der Waals surface area contributed by atoms with Crippen LogP contribution in [0.15, 0.2) is 61.2 Å². The van der Waals surface area contributed by atoms with Crippen molar-refractivity contribution in [2.24, 2.45) is 0 Å². The summed E-state index contributed by atoms with van der Waals surface area (Å²) in [6.07, 6.45) is 5.66. The molecule has 0 bridgehead atoms. The van der Waals surface area contributed by atoms with Crippen molar-refractivity contribution in [3.63, 3.8) is 0 Å². The zero-order valence-electron chi connectivity index (χ0n) is 23.2. The van der Waals surface area contributed by atoms with E-state index in [-0.39, 0.29) is 12.1 Å². The molecule has 2 saturated heterocycles. The number of aryl methyl sites for hydroxylation is 1. The molecule has 0 saturated carbocycles. The van der Waals surface area contributed by atoms with E-state index in [9.17, 15) is 4.79 Å². The van der Waals surface area contributed by atoms with E-state index in [0.29, 0.717) is 37.9 Å². The molecule has 1 N–H and O–H groups in total. The van der Waals surface area contributed by atoms with Gasteiger partial charge in [0.25, 0.3) is 0 Å². The Hall–Kier alpha value is -3.93. The minimum atomic E-state index is -0.601. The van der Waals surface area contributed by atoms with Gasteiger partial charge in [0.2, 0.25) is 12.4 Å². The lowest BCUT2D eigenvalue weighted by molar-refractivity contribution is -0.119. The summed E-state index contributed by atoms with van der Waals surface area (Å²) in [5.41, 5.74) is 3.52. The number of amides is 1. The number of rotatable bonds is 8. The number of piperazine rings is 1. The van der Waals surface area contributed by atoms with Gasteiger partial charge in [-0.05, 0) is 54.4 Å². The molecule has 0 unspecified atom stereocenters. The lowest BCUT2D eigenvalue weighted by Gasteiger charge is -2.32. The number of aromatic nitrogens is 3. The Balaban J connectivity index is 1.34. The van der Waals surface area contributed by atoms with Gasteiger partial charge in [0, 0.05) is 76.0 Å². The van der Waals surface area contributed by atoms with Crippen LogP contribution in [0.4, 0.5) is 20.4 Å². The molecule has 2 aliphatic rings. The predicted octanol–water partition coefficient (Wildman–Crippen LogP) is 3.83. The second kappa shape index (κ2) is 13.6. The summed E-state index contributed by atoms with van der Waals surface area (Å²) in [5.74, 6) is -0.875. The highest BCUT2D eigenvalue weighted by molar-refractivity contribution is 5.55. The molecule has 11 heteroatoms. The van der Waals surface area contributed by atoms with Crippen LogP contribution in [0.5, 0.6) is 0 Å². The highest BCUT2D eigenvalue weighted by atomic mass is 19.1. The monoisotopic (exact) mass is 563 g/mol. The van der Waals surface area contributed by atoms with Crippen molar-refractivity contribution in [3.05, 3.63) is 89.5 Å². The SMILES string of the molecule is Cc1ccc(Nc2nccccn(-c3cc(F)c(CN4CCOCC4)c(F)c3)cn2)cc1CN1CCN(C=O)CC1. The lowest BCUT2D eigenvalue weighted by Crippen LogP contribution is -2.45. The number of carbonyl (C=O) groups is 1. The maximum Gasteiger partial charge on any atom is 0.228 e. The van der Waals surface area contributed by atoms with Crippen LogP contribution < -0.4 is 5.32 Å². The number of nitrogens with one attached hydrogen (secondary N) is 1. The summed E-state index contributed by atoms with van der Waals surface area (Å²) in [5, 5.41) is 3.26. The van der Waals surface area contributed by atoms with Crippen molar-refractivity contribution in [2.75, 3.05) is 57.8 Å². The highest BCUT2D eigenvalue weighted by Crippen LogP contribution is 2.22. The molecule has 0 spiro atoms. The highest BCUT2D eigenvalue weighted by Gasteiger charge is 2.18. The molecule has 5 rings (SSSR count). The molecule has 3 aromatic rings. The maximum absolute atomic E-state index is 15.1. The third kappa shape index (κ3) is 7.63. The van der Waals surface area contributed by atoms with Crippen LogP contribution in [-0.4, -0.2) is 88.1 Å². The first-order valence-electron chi connectivity index (χ1n) is 13.8. The molecule has 2 aromatic carbocycles. The van der Waals surface area contributed by atoms with Gasteiger partial charge in [-0.1, -0.05) is 6.07 Å². The van der Waals surface area contributed by atoms with Crippen LogP contribution in [0.25, 0.3) is 5.69 Å². The first kappa shape index (κ1) is 28.6. The molecular weight excluding hydrogens is 528 g/mol. The molecular formula is C30H35F2N7O2. The number of benzene rings is 2. The molecule has 216 valence electrons. The van der Waals surface area contributed by atoms with Gasteiger partial charge < -0.3 is 19.5 Å². The lowest BCUT2D eigenvalue weighted by atomic mass is 10.1. The van der Waals surface area contributed by atoms with Crippen LogP contribution in [-0.2, 0) is 22.6 Å². The number of morpholine rings is 1. The number of carbonyl (C=O) groups excluding carboxylic acids is 1. The molecule has 1 amide bonds. The van der Waals surface area contributed by atoms with Crippen LogP contribution in [0.1, 0.15) is 16.7 Å². The largest absolute Gasteiger partial charge is 0.379 e. The van der Waals surface area contributed by atoms with Crippen molar-refractivity contribution in [2.45, 2.75) is 20.0 Å². The van der Waals surface area contributed by atoms with Crippen molar-refractivity contribution < 1.29 is 18.3 Å². The van der Waals surface area contributed by atoms with Gasteiger partial charge in [0.1, 0.15) is 18.0 Å². The van der Waals surface area contributed by atoms with Gasteiger partial charge in [-0.3, -0.25) is 14.6 Å². The van der Waals surface area contributed by atoms with E-state index in [1.807, 2.05) is 17.0 Å². The smallest absolute Gasteiger partial charge is 0.228 e. The normalized spacial score (nSPS) is 16.3. The molecule has 0 radical (unpaired) electrons. The van der Waals surface area contributed by atoms with E-state index >= 15 is 8.78 Å². The molecule has 41 heavy (non-hydrogen) atoms. The fourth-order valence-electron chi connectivity index (χ4n) is 4.90. The van der Waals surface area contributed by atoms with Gasteiger partial charge in [0.05, 0.1) is 18.9 Å². The van der Waals surface area contributed by atoms with Crippen LogP contribution in [0, 0.1) is 18.6 Å². The summed E-state index contributed by atoms with van der Waals surface area (Å²) in [6.45, 7) is 8.58. The first-order valence-corrected chi connectivity index (χ1v) is 13.8. The second-order valence-corrected chi connectivity index (χ2v) is 10.2. The topological polar surface area (TPSA) is 78.8 Å². The van der Waals surface area contributed by atoms with E-state index < -0.39 is 11.6 Å². The summed E-state index contributed by atoms with van der Waals surface area (Å²) in [4.78, 5) is 26.0. The fourth-order valence-corrected chi connectivity index (χ4v) is 4.90. The average molecular weight is 564 g/mol. The van der Waals surface area contributed by atoms with Gasteiger partial charge in [-0.2, -0.15) is 0 Å². The molecule has 1 aromatic heterocycles. The third-order valence-electron chi connectivity index (χ3n) is 7.41. The zero-order chi connectivity index (χ0) is 28.6. The summed E-state index contributed by atoms with van der Waals surface area (Å²) in [6, 6.07) is 12.2. The molecule has 0 aliphatic carbocycles. The van der Waals surface area contributed by atoms with Gasteiger partial charge in [-0.25, -0.2) is 18.7 Å². The van der Waals surface area contributed by atoms with E-state index in [1.165, 1.54) is 29.6 Å². The Kier molecular flexibility index (Phi) is 9.50. The van der Waals surface area contributed by atoms with Crippen molar-refractivity contribution in [1.82, 2.24) is 29.2 Å². The summed E-state index contributed by atoms with van der Waals surface area (Å²) >= 11 is 0. The maximum atomic E-state index is 15.1. The van der Waals surface area contributed by atoms with Crippen molar-refractivity contribution in [1.29, 1.82) is 0 Å². The van der Waals surface area contributed by atoms with E-state index in [4.69, 9.17) is 4.74 Å². The minimum Gasteiger partial charge on any atom is -0.379 e. The van der Waals surface area contributed by atoms with Crippen LogP contribution >= 0.6 is 0 Å². The van der Waals surface area contributed by atoms with Crippen molar-refractivity contribution in [3.8, 4) is 5.69 Å². The summed E-state index contributed by atoms with van der Waals surface area (Å²) < 4.78 is 37.0. The Morgan fingerprint density at radius 3 is 2.39 bits per heavy atom. The number of anilines is 2. The Morgan fingerprint density at radius 1 is 0.927 bits per heavy atom. The molecule has 2 aliphatic heterocycles. The summed E-state index contributed by atoms with van der Waals surface area (Å²) in [7, 11) is 0.